The molecule has 5 nitrogen and oxygen atoms in total. The van der Waals surface area contributed by atoms with E-state index in [-0.39, 0.29) is 11.5 Å². The van der Waals surface area contributed by atoms with Gasteiger partial charge in [0.25, 0.3) is 11.5 Å². The summed E-state index contributed by atoms with van der Waals surface area (Å²) < 4.78 is 0. The molecule has 0 bridgehead atoms. The van der Waals surface area contributed by atoms with Crippen LogP contribution < -0.4 is 15.8 Å². The molecule has 0 radical (unpaired) electrons. The minimum Gasteiger partial charge on any atom is -0.372 e. The zero-order valence-corrected chi connectivity index (χ0v) is 17.0. The average molecular weight is 389 g/mol. The first-order chi connectivity index (χ1) is 14.0. The first kappa shape index (κ1) is 19.2. The molecule has 1 aliphatic rings. The van der Waals surface area contributed by atoms with Gasteiger partial charge >= 0.3 is 0 Å². The minimum atomic E-state index is -0.109. The number of carbonyl (C=O) groups excluding carboxylic acids is 1. The van der Waals surface area contributed by atoms with E-state index in [1.807, 2.05) is 50.2 Å². The van der Waals surface area contributed by atoms with E-state index < -0.39 is 0 Å². The summed E-state index contributed by atoms with van der Waals surface area (Å²) in [6, 6.07) is 13.8. The van der Waals surface area contributed by atoms with E-state index in [4.69, 9.17) is 0 Å². The predicted molar refractivity (Wildman–Crippen MR) is 118 cm³/mol. The van der Waals surface area contributed by atoms with Crippen LogP contribution in [0.2, 0.25) is 0 Å². The number of aromatic nitrogens is 1. The lowest BCUT2D eigenvalue weighted by molar-refractivity contribution is 0.0954. The van der Waals surface area contributed by atoms with Crippen LogP contribution in [0.1, 0.15) is 39.9 Å². The Morgan fingerprint density at radius 3 is 2.52 bits per heavy atom. The normalized spacial score (nSPS) is 13.8. The van der Waals surface area contributed by atoms with Crippen molar-refractivity contribution in [3.8, 4) is 0 Å². The molecule has 0 spiro atoms. The number of H-pyrrole nitrogens is 1. The fraction of sp³-hybridized carbons (Fsp3) is 0.333. The van der Waals surface area contributed by atoms with Crippen LogP contribution in [0.15, 0.2) is 47.3 Å². The number of fused-ring (bicyclic) bond motifs is 1. The lowest BCUT2D eigenvalue weighted by Crippen LogP contribution is -2.27. The van der Waals surface area contributed by atoms with Gasteiger partial charge in [-0.3, -0.25) is 9.59 Å². The minimum absolute atomic E-state index is 0.0910. The lowest BCUT2D eigenvalue weighted by Gasteiger charge is -2.17. The molecule has 2 N–H and O–H groups in total. The van der Waals surface area contributed by atoms with Crippen LogP contribution in [0.5, 0.6) is 0 Å². The summed E-state index contributed by atoms with van der Waals surface area (Å²) in [5.41, 5.74) is 5.54. The SMILES string of the molecule is Cc1cc(C)c2cc(CCNC(=O)c3ccc(N4CCCC4)cc3)c(=O)[nH]c2c1. The Hall–Kier alpha value is -3.08. The Morgan fingerprint density at radius 1 is 1.07 bits per heavy atom. The highest BCUT2D eigenvalue weighted by Gasteiger charge is 2.13. The van der Waals surface area contributed by atoms with Gasteiger partial charge in [0, 0.05) is 47.4 Å². The molecular weight excluding hydrogens is 362 g/mol. The van der Waals surface area contributed by atoms with Crippen LogP contribution in [-0.2, 0) is 6.42 Å². The molecule has 1 aromatic heterocycles. The summed E-state index contributed by atoms with van der Waals surface area (Å²) in [5, 5.41) is 3.98. The second kappa shape index (κ2) is 8.11. The van der Waals surface area contributed by atoms with Gasteiger partial charge in [-0.15, -0.1) is 0 Å². The van der Waals surface area contributed by atoms with Gasteiger partial charge in [-0.25, -0.2) is 0 Å². The molecule has 0 aliphatic carbocycles. The Morgan fingerprint density at radius 2 is 1.79 bits per heavy atom. The van der Waals surface area contributed by atoms with E-state index in [2.05, 4.69) is 21.3 Å². The average Bonchev–Trinajstić information content (AvgIpc) is 3.23. The highest BCUT2D eigenvalue weighted by molar-refractivity contribution is 5.94. The predicted octanol–water partition coefficient (Wildman–Crippen LogP) is 3.72. The molecule has 1 amide bonds. The maximum Gasteiger partial charge on any atom is 0.251 e. The van der Waals surface area contributed by atoms with E-state index in [1.54, 1.807) is 0 Å². The number of amides is 1. The van der Waals surface area contributed by atoms with E-state index in [1.165, 1.54) is 18.5 Å². The van der Waals surface area contributed by atoms with Crippen molar-refractivity contribution in [2.24, 2.45) is 0 Å². The molecule has 1 fully saturated rings. The summed E-state index contributed by atoms with van der Waals surface area (Å²) in [4.78, 5) is 30.2. The molecule has 0 unspecified atom stereocenters. The molecular formula is C24H27N3O2. The van der Waals surface area contributed by atoms with Crippen molar-refractivity contribution in [2.75, 3.05) is 24.5 Å². The zero-order valence-electron chi connectivity index (χ0n) is 17.0. The topological polar surface area (TPSA) is 65.2 Å². The first-order valence-corrected chi connectivity index (χ1v) is 10.3. The number of nitrogens with one attached hydrogen (secondary N) is 2. The first-order valence-electron chi connectivity index (χ1n) is 10.3. The molecule has 1 saturated heterocycles. The number of rotatable bonds is 5. The number of aromatic amines is 1. The molecule has 2 heterocycles. The summed E-state index contributed by atoms with van der Waals surface area (Å²) in [6.07, 6.45) is 2.96. The fourth-order valence-corrected chi connectivity index (χ4v) is 4.11. The zero-order chi connectivity index (χ0) is 20.4. The molecule has 150 valence electrons. The molecule has 2 aromatic carbocycles. The highest BCUT2D eigenvalue weighted by Crippen LogP contribution is 2.21. The highest BCUT2D eigenvalue weighted by atomic mass is 16.1. The van der Waals surface area contributed by atoms with Crippen LogP contribution in [-0.4, -0.2) is 30.5 Å². The lowest BCUT2D eigenvalue weighted by atomic mass is 10.0. The van der Waals surface area contributed by atoms with Crippen molar-refractivity contribution < 1.29 is 4.79 Å². The van der Waals surface area contributed by atoms with Crippen molar-refractivity contribution in [2.45, 2.75) is 33.1 Å². The fourth-order valence-electron chi connectivity index (χ4n) is 4.11. The number of carbonyl (C=O) groups is 1. The Labute approximate surface area is 170 Å². The molecule has 0 atom stereocenters. The van der Waals surface area contributed by atoms with Crippen LogP contribution in [0.4, 0.5) is 5.69 Å². The van der Waals surface area contributed by atoms with Crippen LogP contribution in [0.25, 0.3) is 10.9 Å². The van der Waals surface area contributed by atoms with Crippen molar-refractivity contribution in [3.63, 3.8) is 0 Å². The quantitative estimate of drug-likeness (QED) is 0.699. The summed E-state index contributed by atoms with van der Waals surface area (Å²) in [6.45, 7) is 6.67. The standard InChI is InChI=1S/C24H27N3O2/c1-16-13-17(2)21-15-19(24(29)26-22(21)14-16)9-10-25-23(28)18-5-7-20(8-6-18)27-11-3-4-12-27/h5-8,13-15H,3-4,9-12H2,1-2H3,(H,25,28)(H,26,29). The third-order valence-corrected chi connectivity index (χ3v) is 5.67. The van der Waals surface area contributed by atoms with Crippen molar-refractivity contribution in [3.05, 3.63) is 75.1 Å². The number of hydrogen-bond donors (Lipinski definition) is 2. The molecule has 4 rings (SSSR count). The van der Waals surface area contributed by atoms with Gasteiger partial charge in [-0.2, -0.15) is 0 Å². The summed E-state index contributed by atoms with van der Waals surface area (Å²) >= 11 is 0. The number of aryl methyl sites for hydroxylation is 2. The van der Waals surface area contributed by atoms with E-state index in [9.17, 15) is 9.59 Å². The van der Waals surface area contributed by atoms with Gasteiger partial charge < -0.3 is 15.2 Å². The largest absolute Gasteiger partial charge is 0.372 e. The Balaban J connectivity index is 1.40. The number of anilines is 1. The number of nitrogens with zero attached hydrogens (tertiary/aromatic N) is 1. The third-order valence-electron chi connectivity index (χ3n) is 5.67. The van der Waals surface area contributed by atoms with Crippen LogP contribution >= 0.6 is 0 Å². The second-order valence-electron chi connectivity index (χ2n) is 7.91. The summed E-state index contributed by atoms with van der Waals surface area (Å²) in [5.74, 6) is -0.109. The number of hydrogen-bond acceptors (Lipinski definition) is 3. The Bertz CT molecular complexity index is 1090. The van der Waals surface area contributed by atoms with Gasteiger partial charge in [-0.1, -0.05) is 6.07 Å². The maximum atomic E-state index is 12.4. The number of pyridine rings is 1. The van der Waals surface area contributed by atoms with Gasteiger partial charge in [0.2, 0.25) is 0 Å². The molecule has 5 heteroatoms. The van der Waals surface area contributed by atoms with Crippen molar-refractivity contribution >= 4 is 22.5 Å². The van der Waals surface area contributed by atoms with Crippen molar-refractivity contribution in [1.29, 1.82) is 0 Å². The smallest absolute Gasteiger partial charge is 0.251 e. The maximum absolute atomic E-state index is 12.4. The van der Waals surface area contributed by atoms with E-state index in [0.717, 1.165) is 35.1 Å². The van der Waals surface area contributed by atoms with Gasteiger partial charge in [0.15, 0.2) is 0 Å². The summed E-state index contributed by atoms with van der Waals surface area (Å²) in [7, 11) is 0. The van der Waals surface area contributed by atoms with Gasteiger partial charge in [0.1, 0.15) is 0 Å². The molecule has 3 aromatic rings. The van der Waals surface area contributed by atoms with Crippen LogP contribution in [0, 0.1) is 13.8 Å². The molecule has 0 saturated carbocycles. The van der Waals surface area contributed by atoms with Gasteiger partial charge in [-0.05, 0) is 80.6 Å². The van der Waals surface area contributed by atoms with E-state index in [0.29, 0.717) is 24.1 Å². The molecule has 29 heavy (non-hydrogen) atoms. The monoisotopic (exact) mass is 389 g/mol. The Kier molecular flexibility index (Phi) is 5.38. The van der Waals surface area contributed by atoms with Gasteiger partial charge in [0.05, 0.1) is 0 Å². The van der Waals surface area contributed by atoms with Crippen LogP contribution in [0.3, 0.4) is 0 Å². The van der Waals surface area contributed by atoms with E-state index >= 15 is 0 Å². The third kappa shape index (κ3) is 4.19. The second-order valence-corrected chi connectivity index (χ2v) is 7.91. The van der Waals surface area contributed by atoms with Crippen molar-refractivity contribution in [1.82, 2.24) is 10.3 Å². The molecule has 1 aliphatic heterocycles. The number of benzene rings is 2.